The average Bonchev–Trinajstić information content (AvgIpc) is 3.55. The molecule has 37 heavy (non-hydrogen) atoms. The fourth-order valence-electron chi connectivity index (χ4n) is 5.88. The average molecular weight is 574 g/mol. The molecule has 6 nitrogen and oxygen atoms in total. The maximum Gasteiger partial charge on any atom is 0.272 e. The highest BCUT2D eigenvalue weighted by Gasteiger charge is 2.39. The number of rotatable bonds is 3. The maximum absolute atomic E-state index is 14.1. The standard InChI is InChI=1S/C27H31N3O3S4/c1-28-19-15-18(33-2)13-14-20(19)35-26(28)23-24(32)29(16-9-5-3-6-10-16)27(36-23)22-21(31)25(34)30(37-22)17-11-7-4-8-12-17/h13-17H,3-12H2,1-2H3. The molecular weight excluding hydrogens is 543 g/mol. The molecule has 10 heteroatoms. The van der Waals surface area contributed by atoms with E-state index in [2.05, 4.69) is 9.21 Å². The van der Waals surface area contributed by atoms with Gasteiger partial charge in [0.1, 0.15) is 24.9 Å². The zero-order valence-electron chi connectivity index (χ0n) is 21.2. The molecule has 196 valence electrons. The predicted molar refractivity (Wildman–Crippen MR) is 158 cm³/mol. The lowest BCUT2D eigenvalue weighted by Gasteiger charge is -2.30. The minimum absolute atomic E-state index is 0.0176. The minimum atomic E-state index is -0.0895. The molecule has 0 spiro atoms. The third kappa shape index (κ3) is 4.47. The summed E-state index contributed by atoms with van der Waals surface area (Å²) >= 11 is 10.2. The van der Waals surface area contributed by atoms with E-state index in [0.29, 0.717) is 20.5 Å². The molecule has 1 saturated heterocycles. The van der Waals surface area contributed by atoms with E-state index in [0.717, 1.165) is 64.5 Å². The SMILES string of the molecule is COc1ccc2c(c1)N(C)C(=c1sc(=C3SN(C4CCCCC4)C(=S)C3=O)n(C3CCCCC3)c1=O)S2. The van der Waals surface area contributed by atoms with Crippen molar-refractivity contribution in [3.05, 3.63) is 37.7 Å². The summed E-state index contributed by atoms with van der Waals surface area (Å²) in [5, 5.41) is 0.914. The Hall–Kier alpha value is -1.75. The number of aromatic nitrogens is 1. The Morgan fingerprint density at radius 3 is 2.32 bits per heavy atom. The van der Waals surface area contributed by atoms with E-state index in [9.17, 15) is 9.59 Å². The molecular formula is C27H31N3O3S4. The summed E-state index contributed by atoms with van der Waals surface area (Å²) in [6.45, 7) is 0. The van der Waals surface area contributed by atoms with E-state index >= 15 is 0 Å². The fraction of sp³-hybridized carbons (Fsp3) is 0.519. The number of benzene rings is 1. The van der Waals surface area contributed by atoms with Crippen molar-refractivity contribution in [3.8, 4) is 5.75 Å². The van der Waals surface area contributed by atoms with Crippen LogP contribution in [0.1, 0.15) is 70.3 Å². The monoisotopic (exact) mass is 573 g/mol. The van der Waals surface area contributed by atoms with Crippen molar-refractivity contribution in [2.75, 3.05) is 19.1 Å². The maximum atomic E-state index is 14.1. The molecule has 2 aromatic rings. The van der Waals surface area contributed by atoms with Gasteiger partial charge in [-0.3, -0.25) is 18.5 Å². The topological polar surface area (TPSA) is 54.8 Å². The highest BCUT2D eigenvalue weighted by molar-refractivity contribution is 8.10. The van der Waals surface area contributed by atoms with Crippen LogP contribution in [0.2, 0.25) is 0 Å². The molecule has 2 aliphatic heterocycles. The van der Waals surface area contributed by atoms with E-state index < -0.39 is 0 Å². The van der Waals surface area contributed by atoms with Gasteiger partial charge >= 0.3 is 0 Å². The van der Waals surface area contributed by atoms with Gasteiger partial charge in [0.15, 0.2) is 4.99 Å². The molecule has 2 saturated carbocycles. The van der Waals surface area contributed by atoms with Crippen LogP contribution < -0.4 is 24.4 Å². The van der Waals surface area contributed by atoms with Crippen molar-refractivity contribution in [1.29, 1.82) is 0 Å². The first kappa shape index (κ1) is 25.5. The zero-order valence-corrected chi connectivity index (χ0v) is 24.4. The predicted octanol–water partition coefficient (Wildman–Crippen LogP) is 5.03. The molecule has 3 heterocycles. The number of hydrogen-bond donors (Lipinski definition) is 0. The molecule has 0 bridgehead atoms. The smallest absolute Gasteiger partial charge is 0.272 e. The van der Waals surface area contributed by atoms with Crippen molar-refractivity contribution < 1.29 is 9.53 Å². The second kappa shape index (κ2) is 10.4. The molecule has 0 amide bonds. The van der Waals surface area contributed by atoms with Crippen LogP contribution in [0.4, 0.5) is 5.69 Å². The Labute approximate surface area is 234 Å². The molecule has 3 fully saturated rings. The number of methoxy groups -OCH3 is 1. The van der Waals surface area contributed by atoms with E-state index in [1.807, 2.05) is 29.8 Å². The number of ketones is 1. The van der Waals surface area contributed by atoms with Gasteiger partial charge in [-0.25, -0.2) is 0 Å². The molecule has 0 unspecified atom stereocenters. The number of thiazole rings is 1. The molecule has 6 rings (SSSR count). The Morgan fingerprint density at radius 2 is 1.65 bits per heavy atom. The number of carbonyl (C=O) groups excluding carboxylic acids is 1. The van der Waals surface area contributed by atoms with Crippen LogP contribution in [0.25, 0.3) is 9.93 Å². The van der Waals surface area contributed by atoms with Crippen LogP contribution >= 0.6 is 47.3 Å². The minimum Gasteiger partial charge on any atom is -0.497 e. The van der Waals surface area contributed by atoms with Crippen molar-refractivity contribution in [3.63, 3.8) is 0 Å². The van der Waals surface area contributed by atoms with Gasteiger partial charge in [0.2, 0.25) is 5.78 Å². The first-order valence-corrected chi connectivity index (χ1v) is 15.9. The van der Waals surface area contributed by atoms with E-state index in [1.165, 1.54) is 49.0 Å². The number of hydrogen-bond acceptors (Lipinski definition) is 8. The van der Waals surface area contributed by atoms with Crippen LogP contribution in [0.3, 0.4) is 0 Å². The van der Waals surface area contributed by atoms with Gasteiger partial charge in [-0.1, -0.05) is 62.5 Å². The van der Waals surface area contributed by atoms with Crippen molar-refractivity contribution in [1.82, 2.24) is 8.87 Å². The number of nitrogens with zero attached hydrogens (tertiary/aromatic N) is 3. The molecule has 0 atom stereocenters. The lowest BCUT2D eigenvalue weighted by atomic mass is 9.95. The van der Waals surface area contributed by atoms with Crippen molar-refractivity contribution in [2.24, 2.45) is 0 Å². The number of Topliss-reactive ketones (excluding diaryl/α,β-unsaturated/α-hetero) is 1. The summed E-state index contributed by atoms with van der Waals surface area (Å²) in [4.78, 5) is 31.9. The van der Waals surface area contributed by atoms with Gasteiger partial charge in [0.05, 0.1) is 12.8 Å². The van der Waals surface area contributed by atoms with Gasteiger partial charge in [0.25, 0.3) is 5.56 Å². The molecule has 2 aliphatic carbocycles. The number of ether oxygens (including phenoxy) is 1. The quantitative estimate of drug-likeness (QED) is 0.374. The third-order valence-corrected chi connectivity index (χ3v) is 12.3. The zero-order chi connectivity index (χ0) is 25.7. The second-order valence-electron chi connectivity index (χ2n) is 10.2. The summed E-state index contributed by atoms with van der Waals surface area (Å²) in [6.07, 6.45) is 11.1. The van der Waals surface area contributed by atoms with E-state index in [-0.39, 0.29) is 17.4 Å². The number of anilines is 1. The lowest BCUT2D eigenvalue weighted by Crippen LogP contribution is -2.37. The van der Waals surface area contributed by atoms with Gasteiger partial charge < -0.3 is 9.64 Å². The summed E-state index contributed by atoms with van der Waals surface area (Å²) in [6, 6.07) is 6.43. The van der Waals surface area contributed by atoms with Crippen molar-refractivity contribution >= 4 is 73.7 Å². The summed E-state index contributed by atoms with van der Waals surface area (Å²) in [7, 11) is 3.66. The number of thioether (sulfide) groups is 1. The van der Waals surface area contributed by atoms with Crippen LogP contribution in [-0.4, -0.2) is 39.8 Å². The summed E-state index contributed by atoms with van der Waals surface area (Å²) < 4.78 is 11.0. The Bertz CT molecular complexity index is 1430. The first-order valence-electron chi connectivity index (χ1n) is 13.1. The van der Waals surface area contributed by atoms with Gasteiger partial charge in [0, 0.05) is 30.1 Å². The van der Waals surface area contributed by atoms with Crippen molar-refractivity contribution in [2.45, 2.75) is 81.2 Å². The van der Waals surface area contributed by atoms with Gasteiger partial charge in [-0.15, -0.1) is 11.3 Å². The van der Waals surface area contributed by atoms with Gasteiger partial charge in [-0.05, 0) is 49.8 Å². The molecule has 0 radical (unpaired) electrons. The highest BCUT2D eigenvalue weighted by Crippen LogP contribution is 2.47. The molecule has 1 aromatic carbocycles. The Balaban J connectivity index is 1.52. The summed E-state index contributed by atoms with van der Waals surface area (Å²) in [5.74, 6) is 0.701. The largest absolute Gasteiger partial charge is 0.497 e. The molecule has 4 aliphatic rings. The highest BCUT2D eigenvalue weighted by atomic mass is 32.2. The van der Waals surface area contributed by atoms with Gasteiger partial charge in [-0.2, -0.15) is 0 Å². The molecule has 0 N–H and O–H groups in total. The summed E-state index contributed by atoms with van der Waals surface area (Å²) in [5.41, 5.74) is 1.05. The van der Waals surface area contributed by atoms with Crippen LogP contribution in [0.5, 0.6) is 5.75 Å². The second-order valence-corrected chi connectivity index (χ2v) is 13.6. The van der Waals surface area contributed by atoms with Crippen LogP contribution in [-0.2, 0) is 4.79 Å². The number of carbonyl (C=O) groups is 1. The number of thiocarbonyl (C=S) groups is 1. The van der Waals surface area contributed by atoms with E-state index in [1.54, 1.807) is 18.9 Å². The first-order chi connectivity index (χ1) is 18.0. The Kier molecular flexibility index (Phi) is 7.20. The Morgan fingerprint density at radius 1 is 0.973 bits per heavy atom. The molecule has 1 aromatic heterocycles. The van der Waals surface area contributed by atoms with E-state index in [4.69, 9.17) is 17.0 Å². The third-order valence-electron chi connectivity index (χ3n) is 7.89. The fourth-order valence-corrected chi connectivity index (χ4v) is 10.0. The van der Waals surface area contributed by atoms with Crippen LogP contribution in [0, 0.1) is 0 Å². The van der Waals surface area contributed by atoms with Crippen LogP contribution in [0.15, 0.2) is 27.9 Å². The normalized spacial score (nSPS) is 24.3. The number of fused-ring (bicyclic) bond motifs is 1. The lowest BCUT2D eigenvalue weighted by molar-refractivity contribution is -0.108.